The van der Waals surface area contributed by atoms with Crippen LogP contribution in [0, 0.1) is 0 Å². The van der Waals surface area contributed by atoms with E-state index in [1.165, 1.54) is 12.1 Å². The number of phenolic OH excluding ortho intramolecular Hbond substituents is 1. The zero-order valence-corrected chi connectivity index (χ0v) is 8.67. The second kappa shape index (κ2) is 4.14. The zero-order valence-electron chi connectivity index (χ0n) is 8.67. The maximum Gasteiger partial charge on any atom is 0.294 e. The fraction of sp³-hybridized carbons (Fsp3) is 0.182. The fourth-order valence-corrected chi connectivity index (χ4v) is 1.22. The van der Waals surface area contributed by atoms with E-state index in [0.29, 0.717) is 17.8 Å². The molecule has 0 amide bonds. The van der Waals surface area contributed by atoms with Crippen LogP contribution in [0.4, 0.5) is 0 Å². The first-order valence-corrected chi connectivity index (χ1v) is 4.87. The molecule has 5 heteroatoms. The molecule has 0 unspecified atom stereocenters. The van der Waals surface area contributed by atoms with Gasteiger partial charge in [0.1, 0.15) is 5.75 Å². The van der Waals surface area contributed by atoms with Gasteiger partial charge >= 0.3 is 0 Å². The van der Waals surface area contributed by atoms with Crippen LogP contribution in [-0.2, 0) is 0 Å². The van der Waals surface area contributed by atoms with Gasteiger partial charge in [-0.15, -0.1) is 0 Å². The molecular formula is C11H10N2O3. The summed E-state index contributed by atoms with van der Waals surface area (Å²) in [5.74, 6) is 0.344. The van der Waals surface area contributed by atoms with Gasteiger partial charge in [-0.25, -0.2) is 0 Å². The lowest BCUT2D eigenvalue weighted by Crippen LogP contribution is -1.96. The van der Waals surface area contributed by atoms with Crippen LogP contribution in [-0.4, -0.2) is 21.0 Å². The Kier molecular flexibility index (Phi) is 2.68. The molecule has 1 aromatic carbocycles. The molecule has 0 bridgehead atoms. The number of benzene rings is 1. The molecule has 0 atom stereocenters. The van der Waals surface area contributed by atoms with E-state index in [-0.39, 0.29) is 17.4 Å². The number of carbonyl (C=O) groups excluding carboxylic acids is 1. The third-order valence-electron chi connectivity index (χ3n) is 2.11. The molecule has 16 heavy (non-hydrogen) atoms. The predicted molar refractivity (Wildman–Crippen MR) is 56.0 cm³/mol. The molecule has 0 saturated carbocycles. The highest BCUT2D eigenvalue weighted by Gasteiger charge is 2.13. The van der Waals surface area contributed by atoms with Gasteiger partial charge in [-0.05, 0) is 24.3 Å². The number of Topliss-reactive ketones (excluding diaryl/α,β-unsaturated/α-hetero) is 1. The molecule has 0 spiro atoms. The van der Waals surface area contributed by atoms with Gasteiger partial charge in [0.15, 0.2) is 0 Å². The lowest BCUT2D eigenvalue weighted by atomic mass is 10.2. The fourth-order valence-electron chi connectivity index (χ4n) is 1.22. The van der Waals surface area contributed by atoms with Gasteiger partial charge in [-0.2, -0.15) is 4.98 Å². The average Bonchev–Trinajstić information content (AvgIpc) is 2.78. The van der Waals surface area contributed by atoms with Crippen molar-refractivity contribution in [2.24, 2.45) is 0 Å². The van der Waals surface area contributed by atoms with E-state index >= 15 is 0 Å². The molecule has 0 fully saturated rings. The van der Waals surface area contributed by atoms with E-state index < -0.39 is 0 Å². The lowest BCUT2D eigenvalue weighted by molar-refractivity contribution is 0.0946. The largest absolute Gasteiger partial charge is 0.508 e. The standard InChI is InChI=1S/C11H10N2O3/c1-2-9(15)11-12-10(13-16-11)7-3-5-8(14)6-4-7/h3-6,14H,2H2,1H3. The van der Waals surface area contributed by atoms with Gasteiger partial charge in [0, 0.05) is 12.0 Å². The minimum atomic E-state index is -0.183. The number of phenols is 1. The van der Waals surface area contributed by atoms with Crippen LogP contribution in [0.3, 0.4) is 0 Å². The number of rotatable bonds is 3. The van der Waals surface area contributed by atoms with Gasteiger partial charge < -0.3 is 9.63 Å². The Bertz CT molecular complexity index is 502. The topological polar surface area (TPSA) is 76.2 Å². The van der Waals surface area contributed by atoms with E-state index in [4.69, 9.17) is 9.63 Å². The number of hydrogen-bond donors (Lipinski definition) is 1. The summed E-state index contributed by atoms with van der Waals surface area (Å²) in [6.07, 6.45) is 0.331. The summed E-state index contributed by atoms with van der Waals surface area (Å²) >= 11 is 0. The SMILES string of the molecule is CCC(=O)c1nc(-c2ccc(O)cc2)no1. The number of aromatic hydroxyl groups is 1. The summed E-state index contributed by atoms with van der Waals surface area (Å²) in [5, 5.41) is 12.8. The summed E-state index contributed by atoms with van der Waals surface area (Å²) in [5.41, 5.74) is 0.691. The molecule has 2 rings (SSSR count). The first-order valence-electron chi connectivity index (χ1n) is 4.87. The predicted octanol–water partition coefficient (Wildman–Crippen LogP) is 2.03. The summed E-state index contributed by atoms with van der Waals surface area (Å²) in [4.78, 5) is 15.2. The normalized spacial score (nSPS) is 10.3. The third-order valence-corrected chi connectivity index (χ3v) is 2.11. The minimum absolute atomic E-state index is 0.0191. The molecule has 0 radical (unpaired) electrons. The van der Waals surface area contributed by atoms with Crippen LogP contribution in [0.15, 0.2) is 28.8 Å². The number of nitrogens with zero attached hydrogens (tertiary/aromatic N) is 2. The first kappa shape index (κ1) is 10.4. The van der Waals surface area contributed by atoms with Gasteiger partial charge in [0.25, 0.3) is 5.89 Å². The molecule has 0 aliphatic rings. The molecule has 82 valence electrons. The van der Waals surface area contributed by atoms with Gasteiger partial charge in [-0.1, -0.05) is 12.1 Å². The second-order valence-electron chi connectivity index (χ2n) is 3.25. The molecule has 0 aliphatic heterocycles. The highest BCUT2D eigenvalue weighted by molar-refractivity contribution is 5.91. The zero-order chi connectivity index (χ0) is 11.5. The van der Waals surface area contributed by atoms with Crippen molar-refractivity contribution in [3.8, 4) is 17.1 Å². The van der Waals surface area contributed by atoms with Gasteiger partial charge in [-0.3, -0.25) is 4.79 Å². The van der Waals surface area contributed by atoms with Crippen LogP contribution in [0.2, 0.25) is 0 Å². The van der Waals surface area contributed by atoms with Crippen LogP contribution in [0.5, 0.6) is 5.75 Å². The quantitative estimate of drug-likeness (QED) is 0.797. The summed E-state index contributed by atoms with van der Waals surface area (Å²) in [6.45, 7) is 1.73. The number of hydrogen-bond acceptors (Lipinski definition) is 5. The molecular weight excluding hydrogens is 208 g/mol. The molecule has 0 saturated heterocycles. The highest BCUT2D eigenvalue weighted by Crippen LogP contribution is 2.19. The Morgan fingerprint density at radius 3 is 2.69 bits per heavy atom. The monoisotopic (exact) mass is 218 g/mol. The Balaban J connectivity index is 2.31. The average molecular weight is 218 g/mol. The Hall–Kier alpha value is -2.17. The smallest absolute Gasteiger partial charge is 0.294 e. The van der Waals surface area contributed by atoms with Crippen molar-refractivity contribution < 1.29 is 14.4 Å². The van der Waals surface area contributed by atoms with E-state index in [2.05, 4.69) is 10.1 Å². The summed E-state index contributed by atoms with van der Waals surface area (Å²) in [7, 11) is 0. The van der Waals surface area contributed by atoms with Gasteiger partial charge in [0.05, 0.1) is 0 Å². The highest BCUT2D eigenvalue weighted by atomic mass is 16.5. The van der Waals surface area contributed by atoms with E-state index in [9.17, 15) is 4.79 Å². The summed E-state index contributed by atoms with van der Waals surface area (Å²) in [6, 6.07) is 6.35. The van der Waals surface area contributed by atoms with Crippen LogP contribution in [0.1, 0.15) is 24.0 Å². The van der Waals surface area contributed by atoms with E-state index in [1.54, 1.807) is 19.1 Å². The van der Waals surface area contributed by atoms with Gasteiger partial charge in [0.2, 0.25) is 11.6 Å². The second-order valence-corrected chi connectivity index (χ2v) is 3.25. The number of ketones is 1. The Labute approximate surface area is 91.7 Å². The third kappa shape index (κ3) is 1.93. The van der Waals surface area contributed by atoms with Crippen LogP contribution in [0.25, 0.3) is 11.4 Å². The van der Waals surface area contributed by atoms with Crippen molar-refractivity contribution in [2.75, 3.05) is 0 Å². The maximum absolute atomic E-state index is 11.3. The van der Waals surface area contributed by atoms with Crippen molar-refractivity contribution in [2.45, 2.75) is 13.3 Å². The Morgan fingerprint density at radius 2 is 2.06 bits per heavy atom. The van der Waals surface area contributed by atoms with Crippen molar-refractivity contribution >= 4 is 5.78 Å². The molecule has 1 aromatic heterocycles. The van der Waals surface area contributed by atoms with Crippen molar-refractivity contribution in [1.82, 2.24) is 10.1 Å². The minimum Gasteiger partial charge on any atom is -0.508 e. The van der Waals surface area contributed by atoms with Crippen molar-refractivity contribution in [3.05, 3.63) is 30.2 Å². The molecule has 1 N–H and O–H groups in total. The molecule has 1 heterocycles. The number of carbonyl (C=O) groups is 1. The van der Waals surface area contributed by atoms with Crippen LogP contribution >= 0.6 is 0 Å². The summed E-state index contributed by atoms with van der Waals surface area (Å²) < 4.78 is 4.83. The molecule has 2 aromatic rings. The van der Waals surface area contributed by atoms with Crippen molar-refractivity contribution in [1.29, 1.82) is 0 Å². The van der Waals surface area contributed by atoms with E-state index in [0.717, 1.165) is 0 Å². The number of aromatic nitrogens is 2. The van der Waals surface area contributed by atoms with Crippen molar-refractivity contribution in [3.63, 3.8) is 0 Å². The first-order chi connectivity index (χ1) is 7.70. The van der Waals surface area contributed by atoms with E-state index in [1.807, 2.05) is 0 Å². The molecule has 5 nitrogen and oxygen atoms in total. The maximum atomic E-state index is 11.3. The van der Waals surface area contributed by atoms with Crippen LogP contribution < -0.4 is 0 Å². The Morgan fingerprint density at radius 1 is 1.38 bits per heavy atom. The lowest BCUT2D eigenvalue weighted by Gasteiger charge is -1.93. The molecule has 0 aliphatic carbocycles.